The topological polar surface area (TPSA) is 55.5 Å². The van der Waals surface area contributed by atoms with Crippen molar-refractivity contribution >= 4 is 33.1 Å². The number of benzene rings is 1. The van der Waals surface area contributed by atoms with Gasteiger partial charge in [-0.2, -0.15) is 0 Å². The van der Waals surface area contributed by atoms with E-state index >= 15 is 0 Å². The summed E-state index contributed by atoms with van der Waals surface area (Å²) in [5, 5.41) is 8.63. The van der Waals surface area contributed by atoms with E-state index in [0.29, 0.717) is 11.3 Å². The first-order chi connectivity index (χ1) is 6.65. The molecule has 0 spiro atoms. The van der Waals surface area contributed by atoms with E-state index in [-0.39, 0.29) is 18.2 Å². The molecular formula is C9H10BrNO2S. The highest BCUT2D eigenvalue weighted by atomic mass is 79.9. The summed E-state index contributed by atoms with van der Waals surface area (Å²) in [7, 11) is 0. The van der Waals surface area contributed by atoms with Crippen LogP contribution in [0.25, 0.3) is 0 Å². The van der Waals surface area contributed by atoms with Crippen LogP contribution in [0.4, 0.5) is 0 Å². The summed E-state index contributed by atoms with van der Waals surface area (Å²) in [6.45, 7) is 0.190. The van der Waals surface area contributed by atoms with Crippen molar-refractivity contribution in [2.75, 3.05) is 13.2 Å². The molecule has 0 amide bonds. The Kier molecular flexibility index (Phi) is 4.31. The van der Waals surface area contributed by atoms with Crippen LogP contribution in [0, 0.1) is 0 Å². The summed E-state index contributed by atoms with van der Waals surface area (Å²) in [5.74, 6) is 0.584. The number of hydrogen-bond acceptors (Lipinski definition) is 3. The molecule has 3 N–H and O–H groups in total. The molecule has 0 saturated carbocycles. The number of ether oxygens (including phenoxy) is 1. The Morgan fingerprint density at radius 1 is 1.57 bits per heavy atom. The SMILES string of the molecule is NC(=S)c1ccc(Br)cc1OCCO. The molecule has 0 aliphatic heterocycles. The highest BCUT2D eigenvalue weighted by Gasteiger charge is 2.06. The van der Waals surface area contributed by atoms with Gasteiger partial charge in [0.25, 0.3) is 0 Å². The van der Waals surface area contributed by atoms with Crippen LogP contribution in [0.5, 0.6) is 5.75 Å². The molecule has 0 aromatic heterocycles. The van der Waals surface area contributed by atoms with E-state index in [2.05, 4.69) is 15.9 Å². The van der Waals surface area contributed by atoms with Gasteiger partial charge in [0.2, 0.25) is 0 Å². The zero-order valence-electron chi connectivity index (χ0n) is 7.37. The van der Waals surface area contributed by atoms with Gasteiger partial charge in [-0.3, -0.25) is 0 Å². The van der Waals surface area contributed by atoms with Crippen LogP contribution in [0.15, 0.2) is 22.7 Å². The summed E-state index contributed by atoms with van der Waals surface area (Å²) in [6.07, 6.45) is 0. The maximum atomic E-state index is 8.63. The fourth-order valence-electron chi connectivity index (χ4n) is 0.975. The van der Waals surface area contributed by atoms with Crippen LogP contribution in [-0.4, -0.2) is 23.3 Å². The number of aliphatic hydroxyl groups is 1. The van der Waals surface area contributed by atoms with E-state index in [1.165, 1.54) is 0 Å². The maximum absolute atomic E-state index is 8.63. The number of thiocarbonyl (C=S) groups is 1. The molecule has 0 saturated heterocycles. The van der Waals surface area contributed by atoms with Gasteiger partial charge in [-0.1, -0.05) is 28.1 Å². The Balaban J connectivity index is 2.97. The first kappa shape index (κ1) is 11.4. The van der Waals surface area contributed by atoms with E-state index in [1.54, 1.807) is 12.1 Å². The molecule has 0 fully saturated rings. The van der Waals surface area contributed by atoms with Gasteiger partial charge in [0.1, 0.15) is 17.3 Å². The van der Waals surface area contributed by atoms with Gasteiger partial charge in [-0.15, -0.1) is 0 Å². The molecule has 0 unspecified atom stereocenters. The lowest BCUT2D eigenvalue weighted by Gasteiger charge is -2.09. The van der Waals surface area contributed by atoms with Crippen LogP contribution in [-0.2, 0) is 0 Å². The van der Waals surface area contributed by atoms with E-state index in [0.717, 1.165) is 4.47 Å². The Morgan fingerprint density at radius 2 is 2.29 bits per heavy atom. The van der Waals surface area contributed by atoms with Crippen molar-refractivity contribution in [3.63, 3.8) is 0 Å². The van der Waals surface area contributed by atoms with E-state index < -0.39 is 0 Å². The van der Waals surface area contributed by atoms with Crippen LogP contribution >= 0.6 is 28.1 Å². The molecule has 76 valence electrons. The molecular weight excluding hydrogens is 266 g/mol. The fraction of sp³-hybridized carbons (Fsp3) is 0.222. The average molecular weight is 276 g/mol. The quantitative estimate of drug-likeness (QED) is 0.817. The molecule has 3 nitrogen and oxygen atoms in total. The second-order valence-corrected chi connectivity index (χ2v) is 3.93. The summed E-state index contributed by atoms with van der Waals surface area (Å²) >= 11 is 8.17. The average Bonchev–Trinajstić information content (AvgIpc) is 2.14. The summed E-state index contributed by atoms with van der Waals surface area (Å²) in [4.78, 5) is 0.283. The van der Waals surface area contributed by atoms with Crippen molar-refractivity contribution in [2.24, 2.45) is 5.73 Å². The zero-order chi connectivity index (χ0) is 10.6. The molecule has 1 rings (SSSR count). The molecule has 1 aromatic carbocycles. The van der Waals surface area contributed by atoms with Crippen molar-refractivity contribution in [3.05, 3.63) is 28.2 Å². The zero-order valence-corrected chi connectivity index (χ0v) is 9.77. The molecule has 0 bridgehead atoms. The molecule has 0 aliphatic rings. The largest absolute Gasteiger partial charge is 0.490 e. The summed E-state index contributed by atoms with van der Waals surface area (Å²) < 4.78 is 6.16. The van der Waals surface area contributed by atoms with Crippen molar-refractivity contribution in [1.82, 2.24) is 0 Å². The number of aliphatic hydroxyl groups excluding tert-OH is 1. The third kappa shape index (κ3) is 2.94. The molecule has 0 radical (unpaired) electrons. The van der Waals surface area contributed by atoms with Gasteiger partial charge in [0.15, 0.2) is 0 Å². The van der Waals surface area contributed by atoms with Crippen molar-refractivity contribution in [3.8, 4) is 5.75 Å². The predicted octanol–water partition coefficient (Wildman–Crippen LogP) is 1.45. The highest BCUT2D eigenvalue weighted by molar-refractivity contribution is 9.10. The lowest BCUT2D eigenvalue weighted by Crippen LogP contribution is -2.12. The first-order valence-corrected chi connectivity index (χ1v) is 5.18. The third-order valence-electron chi connectivity index (χ3n) is 1.56. The normalized spacial score (nSPS) is 9.86. The van der Waals surface area contributed by atoms with E-state index in [4.69, 9.17) is 27.8 Å². The smallest absolute Gasteiger partial charge is 0.130 e. The lowest BCUT2D eigenvalue weighted by atomic mass is 10.2. The molecule has 14 heavy (non-hydrogen) atoms. The second-order valence-electron chi connectivity index (χ2n) is 2.58. The minimum absolute atomic E-state index is 0.0384. The standard InChI is InChI=1S/C9H10BrNO2S/c10-6-1-2-7(9(11)14)8(5-6)13-4-3-12/h1-2,5,12H,3-4H2,(H2,11,14). The minimum atomic E-state index is -0.0384. The Morgan fingerprint density at radius 3 is 2.86 bits per heavy atom. The highest BCUT2D eigenvalue weighted by Crippen LogP contribution is 2.23. The van der Waals surface area contributed by atoms with Crippen molar-refractivity contribution in [1.29, 1.82) is 0 Å². The van der Waals surface area contributed by atoms with Gasteiger partial charge < -0.3 is 15.6 Å². The van der Waals surface area contributed by atoms with Gasteiger partial charge in [-0.05, 0) is 18.2 Å². The van der Waals surface area contributed by atoms with Crippen LogP contribution in [0.1, 0.15) is 5.56 Å². The number of halogens is 1. The lowest BCUT2D eigenvalue weighted by molar-refractivity contribution is 0.201. The van der Waals surface area contributed by atoms with Gasteiger partial charge in [0, 0.05) is 4.47 Å². The van der Waals surface area contributed by atoms with Crippen molar-refractivity contribution < 1.29 is 9.84 Å². The fourth-order valence-corrected chi connectivity index (χ4v) is 1.48. The van der Waals surface area contributed by atoms with E-state index in [9.17, 15) is 0 Å². The molecule has 0 aliphatic carbocycles. The Labute approximate surface area is 96.0 Å². The molecule has 0 heterocycles. The van der Waals surface area contributed by atoms with Crippen LogP contribution < -0.4 is 10.5 Å². The maximum Gasteiger partial charge on any atom is 0.130 e. The molecule has 1 aromatic rings. The third-order valence-corrected chi connectivity index (χ3v) is 2.27. The first-order valence-electron chi connectivity index (χ1n) is 3.98. The Hall–Kier alpha value is -0.650. The number of nitrogens with two attached hydrogens (primary N) is 1. The second kappa shape index (κ2) is 5.29. The van der Waals surface area contributed by atoms with E-state index in [1.807, 2.05) is 6.07 Å². The Bertz CT molecular complexity index is 344. The monoisotopic (exact) mass is 275 g/mol. The molecule has 5 heteroatoms. The summed E-state index contributed by atoms with van der Waals surface area (Å²) in [6, 6.07) is 5.38. The van der Waals surface area contributed by atoms with Gasteiger partial charge in [0.05, 0.1) is 12.2 Å². The van der Waals surface area contributed by atoms with Crippen molar-refractivity contribution in [2.45, 2.75) is 0 Å². The van der Waals surface area contributed by atoms with Crippen LogP contribution in [0.3, 0.4) is 0 Å². The van der Waals surface area contributed by atoms with Crippen LogP contribution in [0.2, 0.25) is 0 Å². The number of hydrogen-bond donors (Lipinski definition) is 2. The predicted molar refractivity (Wildman–Crippen MR) is 62.6 cm³/mol. The number of rotatable bonds is 4. The van der Waals surface area contributed by atoms with Gasteiger partial charge in [-0.25, -0.2) is 0 Å². The minimum Gasteiger partial charge on any atom is -0.490 e. The van der Waals surface area contributed by atoms with Gasteiger partial charge >= 0.3 is 0 Å². The summed E-state index contributed by atoms with van der Waals surface area (Å²) in [5.41, 5.74) is 6.19. The molecule has 0 atom stereocenters.